The number of rotatable bonds is 3. The molecule has 114 valence electrons. The summed E-state index contributed by atoms with van der Waals surface area (Å²) in [6.45, 7) is 4.94. The van der Waals surface area contributed by atoms with Crippen LogP contribution in [-0.4, -0.2) is 42.4 Å². The molecule has 0 bridgehead atoms. The molecular weight excluding hydrogens is 262 g/mol. The Kier molecular flexibility index (Phi) is 4.32. The molecule has 2 atom stereocenters. The van der Waals surface area contributed by atoms with E-state index in [0.717, 1.165) is 18.7 Å². The fraction of sp³-hybridized carbons (Fsp3) is 0.556. The number of likely N-dealkylation sites (N-methyl/N-ethyl adjacent to an activating group) is 1. The third-order valence-corrected chi connectivity index (χ3v) is 5.08. The predicted octanol–water partition coefficient (Wildman–Crippen LogP) is 2.33. The monoisotopic (exact) mass is 287 g/mol. The van der Waals surface area contributed by atoms with Crippen LogP contribution in [0.2, 0.25) is 0 Å². The highest BCUT2D eigenvalue weighted by molar-refractivity contribution is 5.29. The molecule has 1 aromatic carbocycles. The van der Waals surface area contributed by atoms with Crippen LogP contribution in [-0.2, 0) is 6.42 Å². The van der Waals surface area contributed by atoms with Crippen LogP contribution in [0.3, 0.4) is 0 Å². The van der Waals surface area contributed by atoms with Crippen LogP contribution < -0.4 is 4.74 Å². The van der Waals surface area contributed by atoms with Crippen molar-refractivity contribution in [3.8, 4) is 18.1 Å². The van der Waals surface area contributed by atoms with Gasteiger partial charge >= 0.3 is 0 Å². The van der Waals surface area contributed by atoms with Crippen molar-refractivity contribution in [2.24, 2.45) is 5.41 Å². The minimum Gasteiger partial charge on any atom is -0.497 e. The second kappa shape index (κ2) is 5.71. The molecule has 1 N–H and O–H groups in total. The first kappa shape index (κ1) is 15.9. The number of aliphatic hydroxyl groups is 1. The Morgan fingerprint density at radius 1 is 1.38 bits per heavy atom. The summed E-state index contributed by atoms with van der Waals surface area (Å²) >= 11 is 0. The van der Waals surface area contributed by atoms with Gasteiger partial charge in [-0.2, -0.15) is 0 Å². The maximum atomic E-state index is 10.8. The molecule has 0 aliphatic carbocycles. The van der Waals surface area contributed by atoms with Crippen molar-refractivity contribution < 1.29 is 9.84 Å². The van der Waals surface area contributed by atoms with Gasteiger partial charge in [-0.15, -0.1) is 6.42 Å². The average Bonchev–Trinajstić information content (AvgIpc) is 2.48. The second-order valence-corrected chi connectivity index (χ2v) is 6.52. The fourth-order valence-corrected chi connectivity index (χ4v) is 3.30. The number of ether oxygens (including phenoxy) is 1. The molecule has 2 unspecified atom stereocenters. The van der Waals surface area contributed by atoms with Gasteiger partial charge < -0.3 is 14.7 Å². The number of nitrogens with zero attached hydrogens (tertiary/aromatic N) is 1. The van der Waals surface area contributed by atoms with E-state index in [9.17, 15) is 5.11 Å². The van der Waals surface area contributed by atoms with E-state index < -0.39 is 5.60 Å². The first-order valence-electron chi connectivity index (χ1n) is 7.37. The molecule has 2 rings (SSSR count). The number of terminal acetylenes is 1. The lowest BCUT2D eigenvalue weighted by atomic mass is 9.64. The van der Waals surface area contributed by atoms with Crippen molar-refractivity contribution in [2.75, 3.05) is 20.7 Å². The van der Waals surface area contributed by atoms with Crippen molar-refractivity contribution >= 4 is 0 Å². The summed E-state index contributed by atoms with van der Waals surface area (Å²) in [5, 5.41) is 10.8. The van der Waals surface area contributed by atoms with Gasteiger partial charge in [0.25, 0.3) is 0 Å². The molecule has 1 aliphatic heterocycles. The number of hydrogen-bond acceptors (Lipinski definition) is 3. The average molecular weight is 287 g/mol. The van der Waals surface area contributed by atoms with E-state index in [1.165, 1.54) is 5.56 Å². The maximum absolute atomic E-state index is 10.8. The Balaban J connectivity index is 2.25. The van der Waals surface area contributed by atoms with Gasteiger partial charge in [-0.3, -0.25) is 0 Å². The van der Waals surface area contributed by atoms with E-state index in [1.807, 2.05) is 12.1 Å². The Bertz CT molecular complexity index is 529. The summed E-state index contributed by atoms with van der Waals surface area (Å²) in [5.74, 6) is 3.49. The van der Waals surface area contributed by atoms with E-state index in [4.69, 9.17) is 11.2 Å². The van der Waals surface area contributed by atoms with Gasteiger partial charge in [0.15, 0.2) is 0 Å². The zero-order valence-corrected chi connectivity index (χ0v) is 13.4. The molecule has 0 amide bonds. The lowest BCUT2D eigenvalue weighted by Crippen LogP contribution is -2.62. The van der Waals surface area contributed by atoms with E-state index in [1.54, 1.807) is 7.11 Å². The molecule has 1 fully saturated rings. The Morgan fingerprint density at radius 3 is 2.52 bits per heavy atom. The minimum absolute atomic E-state index is 0.195. The first-order chi connectivity index (χ1) is 9.84. The van der Waals surface area contributed by atoms with Gasteiger partial charge in [0.2, 0.25) is 0 Å². The SMILES string of the molecule is C#CC1(O)CCN(C)C(Cc2ccc(OC)cc2)C1(C)C. The third kappa shape index (κ3) is 2.79. The standard InChI is InChI=1S/C18H25NO2/c1-6-18(20)11-12-19(4)16(17(18,2)3)13-14-7-9-15(21-5)10-8-14/h1,7-10,16,20H,11-13H2,2-5H3. The van der Waals surface area contributed by atoms with Gasteiger partial charge in [-0.25, -0.2) is 0 Å². The quantitative estimate of drug-likeness (QED) is 0.866. The van der Waals surface area contributed by atoms with Crippen LogP contribution in [0.15, 0.2) is 24.3 Å². The van der Waals surface area contributed by atoms with Crippen LogP contribution in [0.5, 0.6) is 5.75 Å². The summed E-state index contributed by atoms with van der Waals surface area (Å²) in [4.78, 5) is 2.30. The van der Waals surface area contributed by atoms with Crippen LogP contribution >= 0.6 is 0 Å². The fourth-order valence-electron chi connectivity index (χ4n) is 3.30. The molecular formula is C18H25NO2. The lowest BCUT2D eigenvalue weighted by Gasteiger charge is -2.53. The van der Waals surface area contributed by atoms with Gasteiger partial charge in [-0.05, 0) is 31.2 Å². The highest BCUT2D eigenvalue weighted by atomic mass is 16.5. The zero-order chi connectivity index (χ0) is 15.7. The lowest BCUT2D eigenvalue weighted by molar-refractivity contribution is -0.106. The van der Waals surface area contributed by atoms with Gasteiger partial charge in [0.05, 0.1) is 7.11 Å². The van der Waals surface area contributed by atoms with E-state index in [-0.39, 0.29) is 11.5 Å². The molecule has 3 nitrogen and oxygen atoms in total. The summed E-state index contributed by atoms with van der Waals surface area (Å²) in [7, 11) is 3.77. The van der Waals surface area contributed by atoms with Crippen LogP contribution in [0.25, 0.3) is 0 Å². The van der Waals surface area contributed by atoms with Crippen LogP contribution in [0.1, 0.15) is 25.8 Å². The summed E-state index contributed by atoms with van der Waals surface area (Å²) in [6, 6.07) is 8.29. The van der Waals surface area contributed by atoms with Crippen molar-refractivity contribution in [1.82, 2.24) is 4.90 Å². The van der Waals surface area contributed by atoms with Crippen molar-refractivity contribution in [3.05, 3.63) is 29.8 Å². The molecule has 1 heterocycles. The molecule has 0 saturated carbocycles. The first-order valence-corrected chi connectivity index (χ1v) is 7.37. The Labute approximate surface area is 127 Å². The molecule has 0 radical (unpaired) electrons. The topological polar surface area (TPSA) is 32.7 Å². The maximum Gasteiger partial charge on any atom is 0.133 e. The van der Waals surface area contributed by atoms with E-state index >= 15 is 0 Å². The summed E-state index contributed by atoms with van der Waals surface area (Å²) in [5.41, 5.74) is -0.187. The van der Waals surface area contributed by atoms with Crippen molar-refractivity contribution in [2.45, 2.75) is 38.3 Å². The smallest absolute Gasteiger partial charge is 0.133 e. The molecule has 0 spiro atoms. The van der Waals surface area contributed by atoms with Crippen LogP contribution in [0, 0.1) is 17.8 Å². The minimum atomic E-state index is -1.04. The normalized spacial score (nSPS) is 28.9. The number of hydrogen-bond donors (Lipinski definition) is 1. The van der Waals surface area contributed by atoms with Gasteiger partial charge in [0.1, 0.15) is 11.4 Å². The second-order valence-electron chi connectivity index (χ2n) is 6.52. The van der Waals surface area contributed by atoms with Crippen LogP contribution in [0.4, 0.5) is 0 Å². The predicted molar refractivity (Wildman–Crippen MR) is 85.3 cm³/mol. The van der Waals surface area contributed by atoms with Gasteiger partial charge in [-0.1, -0.05) is 31.9 Å². The van der Waals surface area contributed by atoms with Crippen molar-refractivity contribution in [3.63, 3.8) is 0 Å². The largest absolute Gasteiger partial charge is 0.497 e. The highest BCUT2D eigenvalue weighted by Crippen LogP contribution is 2.43. The molecule has 3 heteroatoms. The number of likely N-dealkylation sites (tertiary alicyclic amines) is 1. The number of benzene rings is 1. The molecule has 1 aliphatic rings. The zero-order valence-electron chi connectivity index (χ0n) is 13.4. The van der Waals surface area contributed by atoms with Crippen molar-refractivity contribution in [1.29, 1.82) is 0 Å². The summed E-state index contributed by atoms with van der Waals surface area (Å²) in [6.07, 6.45) is 7.09. The van der Waals surface area contributed by atoms with Gasteiger partial charge in [0, 0.05) is 24.4 Å². The number of methoxy groups -OCH3 is 1. The highest BCUT2D eigenvalue weighted by Gasteiger charge is 2.51. The summed E-state index contributed by atoms with van der Waals surface area (Å²) < 4.78 is 5.19. The molecule has 0 aromatic heterocycles. The molecule has 1 aromatic rings. The molecule has 21 heavy (non-hydrogen) atoms. The molecule has 1 saturated heterocycles. The third-order valence-electron chi connectivity index (χ3n) is 5.08. The van der Waals surface area contributed by atoms with E-state index in [2.05, 4.69) is 43.8 Å². The number of piperidine rings is 1. The Morgan fingerprint density at radius 2 is 2.00 bits per heavy atom. The van der Waals surface area contributed by atoms with E-state index in [0.29, 0.717) is 6.42 Å². The Hall–Kier alpha value is -1.50.